The highest BCUT2D eigenvalue weighted by Crippen LogP contribution is 2.43. The van der Waals surface area contributed by atoms with E-state index in [-0.39, 0.29) is 19.1 Å². The van der Waals surface area contributed by atoms with E-state index in [2.05, 4.69) is 67.8 Å². The molecule has 1 amide bonds. The van der Waals surface area contributed by atoms with Crippen molar-refractivity contribution in [3.8, 4) is 0 Å². The van der Waals surface area contributed by atoms with Crippen LogP contribution in [0.5, 0.6) is 0 Å². The Bertz CT molecular complexity index is 1100. The van der Waals surface area contributed by atoms with Gasteiger partial charge >= 0.3 is 7.82 Å². The maximum Gasteiger partial charge on any atom is 0.472 e. The summed E-state index contributed by atoms with van der Waals surface area (Å²) in [4.78, 5) is 23.0. The number of hydrogen-bond donors (Lipinski definition) is 3. The van der Waals surface area contributed by atoms with Crippen molar-refractivity contribution in [2.75, 3.05) is 40.9 Å². The van der Waals surface area contributed by atoms with Crippen molar-refractivity contribution in [1.29, 1.82) is 0 Å². The average Bonchev–Trinajstić information content (AvgIpc) is 3.19. The summed E-state index contributed by atoms with van der Waals surface area (Å²) in [6.07, 6.45) is 53.4. The van der Waals surface area contributed by atoms with E-state index in [1.165, 1.54) is 122 Å². The first-order chi connectivity index (χ1) is 28.5. The zero-order valence-corrected chi connectivity index (χ0v) is 40.1. The molecule has 9 heteroatoms. The molecule has 0 aromatic rings. The number of rotatable bonds is 44. The van der Waals surface area contributed by atoms with Crippen LogP contribution >= 0.6 is 7.82 Å². The Morgan fingerprint density at radius 3 is 1.49 bits per heavy atom. The number of amides is 1. The summed E-state index contributed by atoms with van der Waals surface area (Å²) >= 11 is 0. The number of allylic oxidation sites excluding steroid dienone is 8. The van der Waals surface area contributed by atoms with Crippen LogP contribution < -0.4 is 5.32 Å². The lowest BCUT2D eigenvalue weighted by Crippen LogP contribution is -2.46. The van der Waals surface area contributed by atoms with Crippen molar-refractivity contribution < 1.29 is 32.9 Å². The third-order valence-electron chi connectivity index (χ3n) is 10.8. The number of phosphoric acid groups is 1. The molecule has 0 saturated heterocycles. The largest absolute Gasteiger partial charge is 0.472 e. The summed E-state index contributed by atoms with van der Waals surface area (Å²) in [5.74, 6) is -0.150. The molecule has 0 radical (unpaired) electrons. The standard InChI is InChI=1S/C50H95N2O6P/c1-6-8-10-12-14-15-16-17-18-19-20-21-22-23-24-25-26-27-28-29-30-31-32-33-34-35-36-37-38-40-42-44-50(54)51-48(49(53)43-41-39-13-11-9-7-2)47-58-59(55,56)57-46-45-52(3,4)5/h8,10,14-15,17-18,20-21,48-49,53H,6-7,9,11-13,16,19,22-47H2,1-5H3,(H-,51,54,55,56)/p+1/b10-8-,15-14-,18-17-,21-20-. The molecule has 0 spiro atoms. The summed E-state index contributed by atoms with van der Waals surface area (Å²) < 4.78 is 23.5. The van der Waals surface area contributed by atoms with E-state index in [0.29, 0.717) is 23.9 Å². The van der Waals surface area contributed by atoms with Gasteiger partial charge in [-0.1, -0.05) is 204 Å². The Labute approximate surface area is 365 Å². The molecule has 0 aliphatic carbocycles. The van der Waals surface area contributed by atoms with Crippen LogP contribution in [-0.2, 0) is 18.4 Å². The summed E-state index contributed by atoms with van der Waals surface area (Å²) in [7, 11) is 1.61. The van der Waals surface area contributed by atoms with Gasteiger partial charge in [0.25, 0.3) is 0 Å². The van der Waals surface area contributed by atoms with Gasteiger partial charge in [-0.25, -0.2) is 4.57 Å². The molecular weight excluding hydrogens is 756 g/mol. The Morgan fingerprint density at radius 2 is 1.02 bits per heavy atom. The second-order valence-corrected chi connectivity index (χ2v) is 19.3. The number of nitrogens with zero attached hydrogens (tertiary/aromatic N) is 1. The summed E-state index contributed by atoms with van der Waals surface area (Å²) in [5.41, 5.74) is 0. The van der Waals surface area contributed by atoms with Crippen LogP contribution in [0.4, 0.5) is 0 Å². The molecular formula is C50H96N2O6P+. The number of nitrogens with one attached hydrogen (secondary N) is 1. The van der Waals surface area contributed by atoms with Crippen molar-refractivity contribution in [3.05, 3.63) is 48.6 Å². The highest BCUT2D eigenvalue weighted by atomic mass is 31.2. The van der Waals surface area contributed by atoms with Crippen molar-refractivity contribution >= 4 is 13.7 Å². The molecule has 0 bridgehead atoms. The molecule has 0 aromatic carbocycles. The zero-order chi connectivity index (χ0) is 43.6. The van der Waals surface area contributed by atoms with Crippen LogP contribution in [0.3, 0.4) is 0 Å². The van der Waals surface area contributed by atoms with Gasteiger partial charge in [0.1, 0.15) is 13.2 Å². The minimum absolute atomic E-state index is 0.0741. The first kappa shape index (κ1) is 57.5. The zero-order valence-electron chi connectivity index (χ0n) is 39.2. The number of carbonyl (C=O) groups excluding carboxylic acids is 1. The smallest absolute Gasteiger partial charge is 0.391 e. The van der Waals surface area contributed by atoms with E-state index in [1.54, 1.807) is 0 Å². The van der Waals surface area contributed by atoms with Crippen molar-refractivity contribution in [1.82, 2.24) is 5.32 Å². The van der Waals surface area contributed by atoms with Crippen molar-refractivity contribution in [2.45, 2.75) is 225 Å². The van der Waals surface area contributed by atoms with Gasteiger partial charge in [0, 0.05) is 6.42 Å². The van der Waals surface area contributed by atoms with E-state index >= 15 is 0 Å². The third-order valence-corrected chi connectivity index (χ3v) is 11.8. The minimum atomic E-state index is -4.30. The average molecular weight is 852 g/mol. The Balaban J connectivity index is 3.88. The van der Waals surface area contributed by atoms with Gasteiger partial charge < -0.3 is 19.8 Å². The van der Waals surface area contributed by atoms with Crippen molar-refractivity contribution in [3.63, 3.8) is 0 Å². The number of phosphoric ester groups is 1. The van der Waals surface area contributed by atoms with Crippen LogP contribution in [0, 0.1) is 0 Å². The highest BCUT2D eigenvalue weighted by molar-refractivity contribution is 7.47. The summed E-state index contributed by atoms with van der Waals surface area (Å²) in [6, 6.07) is -0.756. The van der Waals surface area contributed by atoms with Gasteiger partial charge in [0.05, 0.1) is 39.9 Å². The van der Waals surface area contributed by atoms with Crippen molar-refractivity contribution in [2.24, 2.45) is 0 Å². The van der Waals surface area contributed by atoms with Crippen LogP contribution in [0.15, 0.2) is 48.6 Å². The van der Waals surface area contributed by atoms with Gasteiger partial charge in [0.2, 0.25) is 5.91 Å². The van der Waals surface area contributed by atoms with E-state index in [9.17, 15) is 19.4 Å². The van der Waals surface area contributed by atoms with Gasteiger partial charge in [-0.15, -0.1) is 0 Å². The number of hydrogen-bond acceptors (Lipinski definition) is 5. The second-order valence-electron chi connectivity index (χ2n) is 17.8. The Kier molecular flexibility index (Phi) is 40.7. The quantitative estimate of drug-likeness (QED) is 0.0244. The van der Waals surface area contributed by atoms with E-state index in [0.717, 1.165) is 64.2 Å². The lowest BCUT2D eigenvalue weighted by Gasteiger charge is -2.26. The monoisotopic (exact) mass is 852 g/mol. The molecule has 0 rings (SSSR count). The Hall–Kier alpha value is -1.54. The lowest BCUT2D eigenvalue weighted by molar-refractivity contribution is -0.870. The molecule has 0 fully saturated rings. The predicted molar refractivity (Wildman–Crippen MR) is 254 cm³/mol. The number of carbonyl (C=O) groups is 1. The first-order valence-corrected chi connectivity index (χ1v) is 26.0. The molecule has 0 saturated carbocycles. The fraction of sp³-hybridized carbons (Fsp3) is 0.820. The number of quaternary nitrogens is 1. The molecule has 3 atom stereocenters. The highest BCUT2D eigenvalue weighted by Gasteiger charge is 2.28. The fourth-order valence-electron chi connectivity index (χ4n) is 6.98. The molecule has 59 heavy (non-hydrogen) atoms. The molecule has 0 aliphatic heterocycles. The molecule has 0 aromatic heterocycles. The van der Waals surface area contributed by atoms with Crippen LogP contribution in [-0.4, -0.2) is 73.4 Å². The molecule has 0 aliphatic rings. The number of aliphatic hydroxyl groups excluding tert-OH is 1. The second kappa shape index (κ2) is 41.8. The molecule has 3 N–H and O–H groups in total. The van der Waals surface area contributed by atoms with Gasteiger partial charge in [-0.05, 0) is 51.4 Å². The maximum absolute atomic E-state index is 12.8. The topological polar surface area (TPSA) is 105 Å². The SMILES string of the molecule is CC/C=C\C/C=C\C/C=C\C/C=C\CCCCCCCCCCCCCCCCCCCCC(=O)NC(COP(=O)(O)OCC[N+](C)(C)C)C(O)CCCCCCCC. The van der Waals surface area contributed by atoms with E-state index in [1.807, 2.05) is 21.1 Å². The van der Waals surface area contributed by atoms with Gasteiger partial charge in [-0.3, -0.25) is 13.8 Å². The van der Waals surface area contributed by atoms with E-state index in [4.69, 9.17) is 9.05 Å². The third kappa shape index (κ3) is 44.3. The predicted octanol–water partition coefficient (Wildman–Crippen LogP) is 14.0. The normalized spacial score (nSPS) is 14.6. The van der Waals surface area contributed by atoms with Gasteiger partial charge in [0.15, 0.2) is 0 Å². The van der Waals surface area contributed by atoms with Gasteiger partial charge in [-0.2, -0.15) is 0 Å². The van der Waals surface area contributed by atoms with Crippen LogP contribution in [0.2, 0.25) is 0 Å². The molecule has 0 heterocycles. The summed E-state index contributed by atoms with van der Waals surface area (Å²) in [6.45, 7) is 4.71. The minimum Gasteiger partial charge on any atom is -0.391 e. The number of aliphatic hydroxyl groups is 1. The van der Waals surface area contributed by atoms with E-state index < -0.39 is 20.0 Å². The van der Waals surface area contributed by atoms with Crippen LogP contribution in [0.1, 0.15) is 213 Å². The lowest BCUT2D eigenvalue weighted by atomic mass is 10.0. The number of unbranched alkanes of at least 4 members (excludes halogenated alkanes) is 23. The molecule has 8 nitrogen and oxygen atoms in total. The maximum atomic E-state index is 12.8. The Morgan fingerprint density at radius 1 is 0.593 bits per heavy atom. The first-order valence-electron chi connectivity index (χ1n) is 24.5. The molecule has 346 valence electrons. The number of likely N-dealkylation sites (N-methyl/N-ethyl adjacent to an activating group) is 1. The fourth-order valence-corrected chi connectivity index (χ4v) is 7.71. The van der Waals surface area contributed by atoms with Crippen LogP contribution in [0.25, 0.3) is 0 Å². The summed E-state index contributed by atoms with van der Waals surface area (Å²) in [5, 5.41) is 13.8. The molecule has 3 unspecified atom stereocenters.